The van der Waals surface area contributed by atoms with Crippen molar-refractivity contribution in [3.8, 4) is 5.75 Å². The van der Waals surface area contributed by atoms with Crippen LogP contribution in [0.4, 0.5) is 10.4 Å². The number of nitrogens with one attached hydrogen (secondary N) is 1. The van der Waals surface area contributed by atoms with Crippen molar-refractivity contribution in [2.45, 2.75) is 45.2 Å². The van der Waals surface area contributed by atoms with Crippen LogP contribution in [-0.2, 0) is 9.59 Å². The summed E-state index contributed by atoms with van der Waals surface area (Å²) in [5, 5.41) is 39.3. The third kappa shape index (κ3) is 9.73. The monoisotopic (exact) mass is 569 g/mol. The zero-order chi connectivity index (χ0) is 29.8. The van der Waals surface area contributed by atoms with Crippen LogP contribution < -0.4 is 15.0 Å². The van der Waals surface area contributed by atoms with Crippen LogP contribution in [0, 0.1) is 5.82 Å². The third-order valence-electron chi connectivity index (χ3n) is 6.10. The fraction of sp³-hybridized carbons (Fsp3) is 0.560. The van der Waals surface area contributed by atoms with Crippen molar-refractivity contribution in [2.75, 3.05) is 50.9 Å². The van der Waals surface area contributed by atoms with Gasteiger partial charge in [0.05, 0.1) is 31.4 Å². The number of piperazine rings is 1. The number of hydrogen-bond acceptors (Lipinski definition) is 11. The van der Waals surface area contributed by atoms with Crippen LogP contribution in [0.3, 0.4) is 0 Å². The number of anilines is 1. The van der Waals surface area contributed by atoms with E-state index in [1.165, 1.54) is 18.2 Å². The Balaban J connectivity index is 0.000000840. The van der Waals surface area contributed by atoms with Gasteiger partial charge >= 0.3 is 18.0 Å². The molecule has 15 heteroatoms. The minimum absolute atomic E-state index is 0.174. The van der Waals surface area contributed by atoms with E-state index in [1.807, 2.05) is 13.8 Å². The summed E-state index contributed by atoms with van der Waals surface area (Å²) in [6, 6.07) is 4.04. The van der Waals surface area contributed by atoms with Crippen molar-refractivity contribution in [1.82, 2.24) is 20.4 Å². The van der Waals surface area contributed by atoms with Gasteiger partial charge in [0.15, 0.2) is 5.82 Å². The fourth-order valence-electron chi connectivity index (χ4n) is 3.66. The minimum atomic E-state index is -1.82. The molecule has 0 spiro atoms. The summed E-state index contributed by atoms with van der Waals surface area (Å²) in [5.74, 6) is -3.80. The number of rotatable bonds is 11. The Morgan fingerprint density at radius 2 is 1.70 bits per heavy atom. The second kappa shape index (κ2) is 15.7. The van der Waals surface area contributed by atoms with Crippen LogP contribution >= 0.6 is 0 Å². The quantitative estimate of drug-likeness (QED) is 0.235. The number of aliphatic carboxylic acids is 2. The molecular formula is C25H36FN5O9. The largest absolute Gasteiger partial charge is 0.493 e. The summed E-state index contributed by atoms with van der Waals surface area (Å²) in [4.78, 5) is 39.2. The molecule has 0 radical (unpaired) electrons. The maximum absolute atomic E-state index is 14.4. The molecule has 222 valence electrons. The summed E-state index contributed by atoms with van der Waals surface area (Å²) in [5.41, 5.74) is -0.174. The van der Waals surface area contributed by atoms with Gasteiger partial charge in [-0.2, -0.15) is 4.98 Å². The Kier molecular flexibility index (Phi) is 12.7. The van der Waals surface area contributed by atoms with E-state index in [9.17, 15) is 9.18 Å². The highest BCUT2D eigenvalue weighted by Gasteiger charge is 2.25. The Morgan fingerprint density at radius 3 is 2.20 bits per heavy atom. The maximum atomic E-state index is 14.4. The van der Waals surface area contributed by atoms with E-state index in [0.717, 1.165) is 32.6 Å². The first kappa shape index (κ1) is 32.4. The van der Waals surface area contributed by atoms with E-state index < -0.39 is 42.9 Å². The van der Waals surface area contributed by atoms with Crippen molar-refractivity contribution >= 4 is 23.9 Å². The Bertz CT molecular complexity index is 1110. The number of hydrogen-bond donors (Lipinski definition) is 5. The van der Waals surface area contributed by atoms with Gasteiger partial charge in [-0.15, -0.1) is 0 Å². The van der Waals surface area contributed by atoms with Gasteiger partial charge in [0.2, 0.25) is 0 Å². The van der Waals surface area contributed by atoms with Crippen molar-refractivity contribution in [3.63, 3.8) is 0 Å². The molecule has 1 fully saturated rings. The summed E-state index contributed by atoms with van der Waals surface area (Å²) in [6.45, 7) is 9.05. The molecule has 2 heterocycles. The van der Waals surface area contributed by atoms with Gasteiger partial charge in [0.25, 0.3) is 5.91 Å². The SMILES string of the molecule is CC(C)c1noc(N2CCN(C(C)CCOc3ccc(C(=O)NC(CO)CO)c(F)c3)CC2)n1.O=C(O)C(=O)O. The highest BCUT2D eigenvalue weighted by atomic mass is 19.1. The van der Waals surface area contributed by atoms with Crippen LogP contribution in [0.2, 0.25) is 0 Å². The number of carboxylic acid groups (broad SMARTS) is 2. The van der Waals surface area contributed by atoms with Crippen LogP contribution in [0.1, 0.15) is 49.3 Å². The number of ether oxygens (including phenoxy) is 1. The Labute approximate surface area is 230 Å². The molecule has 5 N–H and O–H groups in total. The maximum Gasteiger partial charge on any atom is 0.414 e. The number of aromatic nitrogens is 2. The van der Waals surface area contributed by atoms with Gasteiger partial charge in [-0.05, 0) is 25.5 Å². The number of carbonyl (C=O) groups is 3. The molecule has 2 aromatic rings. The lowest BCUT2D eigenvalue weighted by molar-refractivity contribution is -0.159. The molecule has 3 rings (SSSR count). The van der Waals surface area contributed by atoms with Crippen molar-refractivity contribution in [3.05, 3.63) is 35.4 Å². The number of amides is 1. The van der Waals surface area contributed by atoms with Crippen molar-refractivity contribution < 1.29 is 48.5 Å². The number of carbonyl (C=O) groups excluding carboxylic acids is 1. The number of aliphatic hydroxyl groups is 2. The predicted molar refractivity (Wildman–Crippen MR) is 139 cm³/mol. The molecule has 0 bridgehead atoms. The second-order valence-corrected chi connectivity index (χ2v) is 9.39. The average Bonchev–Trinajstić information content (AvgIpc) is 3.43. The third-order valence-corrected chi connectivity index (χ3v) is 6.10. The van der Waals surface area contributed by atoms with Crippen molar-refractivity contribution in [1.29, 1.82) is 0 Å². The lowest BCUT2D eigenvalue weighted by Crippen LogP contribution is -2.50. The van der Waals surface area contributed by atoms with E-state index in [0.29, 0.717) is 24.2 Å². The van der Waals surface area contributed by atoms with Crippen LogP contribution in [-0.4, -0.2) is 111 Å². The number of aliphatic hydroxyl groups excluding tert-OH is 2. The number of nitrogens with zero attached hydrogens (tertiary/aromatic N) is 4. The van der Waals surface area contributed by atoms with E-state index in [-0.39, 0.29) is 17.5 Å². The molecule has 1 atom stereocenters. The fourth-order valence-corrected chi connectivity index (χ4v) is 3.66. The van der Waals surface area contributed by atoms with Gasteiger partial charge in [0, 0.05) is 44.2 Å². The number of carboxylic acids is 2. The molecule has 14 nitrogen and oxygen atoms in total. The standard InChI is InChI=1S/C23H34FN5O5.C2H2O4/c1-15(2)21-26-23(34-27-21)29-9-7-28(8-10-29)16(3)6-11-33-18-4-5-19(20(24)12-18)22(32)25-17(13-30)14-31;3-1(4)2(5)6/h4-5,12,15-17,30-31H,6-11,13-14H2,1-3H3,(H,25,32);(H,3,4)(H,5,6). The molecule has 1 aromatic carbocycles. The molecule has 1 amide bonds. The summed E-state index contributed by atoms with van der Waals surface area (Å²) < 4.78 is 25.4. The molecule has 1 aliphatic heterocycles. The first-order valence-corrected chi connectivity index (χ1v) is 12.7. The van der Waals surface area contributed by atoms with Gasteiger partial charge in [0.1, 0.15) is 11.6 Å². The highest BCUT2D eigenvalue weighted by Crippen LogP contribution is 2.20. The highest BCUT2D eigenvalue weighted by molar-refractivity contribution is 6.27. The molecule has 1 aliphatic rings. The van der Waals surface area contributed by atoms with Gasteiger partial charge in [-0.3, -0.25) is 9.69 Å². The average molecular weight is 570 g/mol. The summed E-state index contributed by atoms with van der Waals surface area (Å²) in [6.07, 6.45) is 0.761. The molecular weight excluding hydrogens is 533 g/mol. The first-order chi connectivity index (χ1) is 19.0. The summed E-state index contributed by atoms with van der Waals surface area (Å²) in [7, 11) is 0. The smallest absolute Gasteiger partial charge is 0.414 e. The van der Waals surface area contributed by atoms with E-state index in [4.69, 9.17) is 39.3 Å². The number of halogens is 1. The first-order valence-electron chi connectivity index (χ1n) is 12.7. The normalized spacial score (nSPS) is 14.4. The van der Waals surface area contributed by atoms with Crippen LogP contribution in [0.25, 0.3) is 0 Å². The predicted octanol–water partition coefficient (Wildman–Crippen LogP) is 0.550. The van der Waals surface area contributed by atoms with Crippen LogP contribution in [0.15, 0.2) is 22.7 Å². The summed E-state index contributed by atoms with van der Waals surface area (Å²) >= 11 is 0. The zero-order valence-electron chi connectivity index (χ0n) is 22.6. The Hall–Kier alpha value is -3.82. The molecule has 40 heavy (non-hydrogen) atoms. The lowest BCUT2D eigenvalue weighted by Gasteiger charge is -2.37. The second-order valence-electron chi connectivity index (χ2n) is 9.39. The molecule has 1 saturated heterocycles. The lowest BCUT2D eigenvalue weighted by atomic mass is 10.1. The zero-order valence-corrected chi connectivity index (χ0v) is 22.6. The molecule has 0 aliphatic carbocycles. The molecule has 1 aromatic heterocycles. The van der Waals surface area contributed by atoms with E-state index >= 15 is 0 Å². The van der Waals surface area contributed by atoms with Gasteiger partial charge in [-0.1, -0.05) is 19.0 Å². The minimum Gasteiger partial charge on any atom is -0.493 e. The molecule has 0 saturated carbocycles. The van der Waals surface area contributed by atoms with Crippen molar-refractivity contribution in [2.24, 2.45) is 0 Å². The number of benzene rings is 1. The van der Waals surface area contributed by atoms with E-state index in [1.54, 1.807) is 0 Å². The van der Waals surface area contributed by atoms with Gasteiger partial charge < -0.3 is 39.9 Å². The van der Waals surface area contributed by atoms with E-state index in [2.05, 4.69) is 32.2 Å². The Morgan fingerprint density at radius 1 is 1.07 bits per heavy atom. The van der Waals surface area contributed by atoms with Crippen LogP contribution in [0.5, 0.6) is 5.75 Å². The topological polar surface area (TPSA) is 199 Å². The molecule has 1 unspecified atom stereocenters. The van der Waals surface area contributed by atoms with Gasteiger partial charge in [-0.25, -0.2) is 14.0 Å².